The van der Waals surface area contributed by atoms with E-state index in [1.54, 1.807) is 0 Å². The number of hydrogen-bond acceptors (Lipinski definition) is 3. The minimum Gasteiger partial charge on any atom is -0.313 e. The Bertz CT molecular complexity index is 317. The fourth-order valence-electron chi connectivity index (χ4n) is 1.79. The van der Waals surface area contributed by atoms with Crippen molar-refractivity contribution < 1.29 is 0 Å². The lowest BCUT2D eigenvalue weighted by atomic mass is 10.3. The molecule has 0 aliphatic heterocycles. The molecule has 16 heavy (non-hydrogen) atoms. The normalized spacial score (nSPS) is 15.9. The third kappa shape index (κ3) is 3.61. The van der Waals surface area contributed by atoms with Crippen LogP contribution in [-0.2, 0) is 13.0 Å². The van der Waals surface area contributed by atoms with Crippen molar-refractivity contribution in [1.82, 2.24) is 20.4 Å². The van der Waals surface area contributed by atoms with Crippen LogP contribution in [0.2, 0.25) is 0 Å². The number of aryl methyl sites for hydroxylation is 1. The van der Waals surface area contributed by atoms with Crippen LogP contribution in [0.4, 0.5) is 0 Å². The fourth-order valence-corrected chi connectivity index (χ4v) is 1.79. The van der Waals surface area contributed by atoms with E-state index in [1.165, 1.54) is 18.5 Å². The van der Waals surface area contributed by atoms with Gasteiger partial charge in [0.15, 0.2) is 0 Å². The summed E-state index contributed by atoms with van der Waals surface area (Å²) in [6.07, 6.45) is 3.73. The molecule has 0 spiro atoms. The van der Waals surface area contributed by atoms with E-state index in [2.05, 4.69) is 40.5 Å². The molecule has 1 aliphatic rings. The van der Waals surface area contributed by atoms with Crippen LogP contribution in [0.15, 0.2) is 6.07 Å². The van der Waals surface area contributed by atoms with E-state index in [1.807, 2.05) is 0 Å². The number of aromatic nitrogens is 2. The average Bonchev–Trinajstić information content (AvgIpc) is 2.97. The van der Waals surface area contributed by atoms with Gasteiger partial charge in [-0.15, -0.1) is 0 Å². The van der Waals surface area contributed by atoms with Crippen LogP contribution in [0.3, 0.4) is 0 Å². The number of likely N-dealkylation sites (N-methyl/N-ethyl adjacent to an activating group) is 1. The Labute approximate surface area is 97.4 Å². The Morgan fingerprint density at radius 1 is 1.56 bits per heavy atom. The third-order valence-electron chi connectivity index (χ3n) is 2.99. The van der Waals surface area contributed by atoms with Gasteiger partial charge in [0.2, 0.25) is 0 Å². The van der Waals surface area contributed by atoms with Gasteiger partial charge in [0, 0.05) is 31.4 Å². The molecule has 1 saturated carbocycles. The molecule has 1 fully saturated rings. The van der Waals surface area contributed by atoms with E-state index >= 15 is 0 Å². The summed E-state index contributed by atoms with van der Waals surface area (Å²) in [5.74, 6) is 0. The van der Waals surface area contributed by atoms with E-state index in [9.17, 15) is 0 Å². The van der Waals surface area contributed by atoms with E-state index in [4.69, 9.17) is 0 Å². The lowest BCUT2D eigenvalue weighted by molar-refractivity contribution is 0.320. The summed E-state index contributed by atoms with van der Waals surface area (Å²) in [6.45, 7) is 5.27. The highest BCUT2D eigenvalue weighted by molar-refractivity contribution is 5.08. The van der Waals surface area contributed by atoms with Gasteiger partial charge in [-0.2, -0.15) is 5.10 Å². The molecule has 1 heterocycles. The van der Waals surface area contributed by atoms with Crippen molar-refractivity contribution in [2.45, 2.75) is 38.8 Å². The molecule has 1 aromatic rings. The summed E-state index contributed by atoms with van der Waals surface area (Å²) >= 11 is 0. The van der Waals surface area contributed by atoms with Crippen molar-refractivity contribution in [3.8, 4) is 0 Å². The van der Waals surface area contributed by atoms with Crippen molar-refractivity contribution in [1.29, 1.82) is 0 Å². The summed E-state index contributed by atoms with van der Waals surface area (Å²) in [7, 11) is 2.15. The molecule has 4 heteroatoms. The number of hydrogen-bond donors (Lipinski definition) is 2. The molecule has 0 radical (unpaired) electrons. The molecule has 2 N–H and O–H groups in total. The van der Waals surface area contributed by atoms with Crippen LogP contribution in [0.1, 0.15) is 31.2 Å². The van der Waals surface area contributed by atoms with Crippen LogP contribution >= 0.6 is 0 Å². The van der Waals surface area contributed by atoms with Gasteiger partial charge in [0.05, 0.1) is 5.69 Å². The SMILES string of the molecule is CCc1cc(CN(C)CCNC2CC2)[nH]n1. The summed E-state index contributed by atoms with van der Waals surface area (Å²) in [4.78, 5) is 2.32. The number of rotatable bonds is 7. The first-order chi connectivity index (χ1) is 7.78. The molecule has 0 amide bonds. The van der Waals surface area contributed by atoms with Gasteiger partial charge in [-0.3, -0.25) is 10.00 Å². The summed E-state index contributed by atoms with van der Waals surface area (Å²) in [5.41, 5.74) is 2.37. The topological polar surface area (TPSA) is 44.0 Å². The number of H-pyrrole nitrogens is 1. The van der Waals surface area contributed by atoms with Crippen LogP contribution in [0.25, 0.3) is 0 Å². The molecule has 0 aromatic carbocycles. The van der Waals surface area contributed by atoms with Gasteiger partial charge in [-0.25, -0.2) is 0 Å². The van der Waals surface area contributed by atoms with Gasteiger partial charge in [-0.05, 0) is 32.4 Å². The van der Waals surface area contributed by atoms with Crippen LogP contribution in [0, 0.1) is 0 Å². The second-order valence-corrected chi connectivity index (χ2v) is 4.70. The average molecular weight is 222 g/mol. The summed E-state index contributed by atoms with van der Waals surface area (Å²) in [6, 6.07) is 2.97. The van der Waals surface area contributed by atoms with Crippen LogP contribution < -0.4 is 5.32 Å². The summed E-state index contributed by atoms with van der Waals surface area (Å²) in [5, 5.41) is 10.8. The first kappa shape index (κ1) is 11.6. The lowest BCUT2D eigenvalue weighted by Crippen LogP contribution is -2.30. The van der Waals surface area contributed by atoms with Crippen molar-refractivity contribution in [2.24, 2.45) is 0 Å². The van der Waals surface area contributed by atoms with Crippen LogP contribution in [-0.4, -0.2) is 41.3 Å². The molecule has 0 bridgehead atoms. The quantitative estimate of drug-likeness (QED) is 0.727. The predicted molar refractivity (Wildman–Crippen MR) is 65.3 cm³/mol. The number of nitrogens with zero attached hydrogens (tertiary/aromatic N) is 2. The molecule has 2 rings (SSSR count). The standard InChI is InChI=1S/C12H22N4/c1-3-10-8-12(15-14-10)9-16(2)7-6-13-11-4-5-11/h8,11,13H,3-7,9H2,1-2H3,(H,14,15). The number of aromatic amines is 1. The molecular formula is C12H22N4. The Hall–Kier alpha value is -0.870. The van der Waals surface area contributed by atoms with Crippen molar-refractivity contribution >= 4 is 0 Å². The maximum atomic E-state index is 4.24. The highest BCUT2D eigenvalue weighted by atomic mass is 15.2. The highest BCUT2D eigenvalue weighted by Gasteiger charge is 2.19. The van der Waals surface area contributed by atoms with Gasteiger partial charge >= 0.3 is 0 Å². The van der Waals surface area contributed by atoms with Gasteiger partial charge in [0.1, 0.15) is 0 Å². The van der Waals surface area contributed by atoms with E-state index in [0.717, 1.165) is 37.8 Å². The maximum absolute atomic E-state index is 4.24. The molecule has 4 nitrogen and oxygen atoms in total. The van der Waals surface area contributed by atoms with Gasteiger partial charge in [0.25, 0.3) is 0 Å². The van der Waals surface area contributed by atoms with Crippen molar-refractivity contribution in [2.75, 3.05) is 20.1 Å². The Balaban J connectivity index is 1.66. The Morgan fingerprint density at radius 3 is 3.00 bits per heavy atom. The smallest absolute Gasteiger partial charge is 0.0622 e. The maximum Gasteiger partial charge on any atom is 0.0622 e. The zero-order chi connectivity index (χ0) is 11.4. The zero-order valence-electron chi connectivity index (χ0n) is 10.3. The van der Waals surface area contributed by atoms with Crippen LogP contribution in [0.5, 0.6) is 0 Å². The summed E-state index contributed by atoms with van der Waals surface area (Å²) < 4.78 is 0. The first-order valence-electron chi connectivity index (χ1n) is 6.23. The molecule has 0 unspecified atom stereocenters. The van der Waals surface area contributed by atoms with E-state index in [0.29, 0.717) is 0 Å². The van der Waals surface area contributed by atoms with E-state index in [-0.39, 0.29) is 0 Å². The fraction of sp³-hybridized carbons (Fsp3) is 0.750. The molecule has 1 aromatic heterocycles. The Kier molecular flexibility index (Phi) is 3.96. The Morgan fingerprint density at radius 2 is 2.38 bits per heavy atom. The first-order valence-corrected chi connectivity index (χ1v) is 6.23. The van der Waals surface area contributed by atoms with Crippen molar-refractivity contribution in [3.63, 3.8) is 0 Å². The highest BCUT2D eigenvalue weighted by Crippen LogP contribution is 2.17. The van der Waals surface area contributed by atoms with Gasteiger partial charge < -0.3 is 5.32 Å². The monoisotopic (exact) mass is 222 g/mol. The molecular weight excluding hydrogens is 200 g/mol. The lowest BCUT2D eigenvalue weighted by Gasteiger charge is -2.15. The van der Waals surface area contributed by atoms with Gasteiger partial charge in [-0.1, -0.05) is 6.92 Å². The third-order valence-corrected chi connectivity index (χ3v) is 2.99. The van der Waals surface area contributed by atoms with E-state index < -0.39 is 0 Å². The minimum atomic E-state index is 0.812. The second-order valence-electron chi connectivity index (χ2n) is 4.70. The molecule has 90 valence electrons. The second kappa shape index (κ2) is 5.46. The zero-order valence-corrected chi connectivity index (χ0v) is 10.3. The molecule has 1 aliphatic carbocycles. The minimum absolute atomic E-state index is 0.812. The largest absolute Gasteiger partial charge is 0.313 e. The number of nitrogens with one attached hydrogen (secondary N) is 2. The molecule has 0 saturated heterocycles. The van der Waals surface area contributed by atoms with Crippen molar-refractivity contribution in [3.05, 3.63) is 17.5 Å². The predicted octanol–water partition coefficient (Wildman–Crippen LogP) is 1.16. The molecule has 0 atom stereocenters.